The summed E-state index contributed by atoms with van der Waals surface area (Å²) < 4.78 is 1.80. The van der Waals surface area contributed by atoms with Gasteiger partial charge in [0.2, 0.25) is 0 Å². The lowest BCUT2D eigenvalue weighted by Gasteiger charge is -2.21. The van der Waals surface area contributed by atoms with E-state index in [1.165, 1.54) is 6.42 Å². The Labute approximate surface area is 121 Å². The highest BCUT2D eigenvalue weighted by Gasteiger charge is 2.39. The zero-order valence-electron chi connectivity index (χ0n) is 10.8. The predicted octanol–water partition coefficient (Wildman–Crippen LogP) is 1.61. The van der Waals surface area contributed by atoms with Crippen LogP contribution in [0.15, 0.2) is 24.5 Å². The zero-order valence-corrected chi connectivity index (χ0v) is 11.6. The minimum absolute atomic E-state index is 0.0361. The van der Waals surface area contributed by atoms with Gasteiger partial charge < -0.3 is 15.0 Å². The summed E-state index contributed by atoms with van der Waals surface area (Å²) in [4.78, 5) is 16.5. The molecule has 2 bridgehead atoms. The molecule has 1 amide bonds. The minimum Gasteiger partial charge on any atom is -0.348 e. The topological polar surface area (TPSA) is 58.4 Å². The molecule has 4 rings (SSSR count). The van der Waals surface area contributed by atoms with E-state index in [4.69, 9.17) is 11.6 Å². The fourth-order valence-corrected chi connectivity index (χ4v) is 3.52. The highest BCUT2D eigenvalue weighted by atomic mass is 35.5. The SMILES string of the molecule is O=C(NC1CC2CCC1N2)c1ccn2cc(Cl)nc2c1. The smallest absolute Gasteiger partial charge is 0.251 e. The van der Waals surface area contributed by atoms with Crippen LogP contribution in [-0.4, -0.2) is 33.4 Å². The molecule has 0 radical (unpaired) electrons. The number of nitrogens with zero attached hydrogens (tertiary/aromatic N) is 2. The molecule has 0 aliphatic carbocycles. The highest BCUT2D eigenvalue weighted by molar-refractivity contribution is 6.29. The van der Waals surface area contributed by atoms with E-state index in [0.29, 0.717) is 28.4 Å². The Morgan fingerprint density at radius 3 is 3.15 bits per heavy atom. The summed E-state index contributed by atoms with van der Waals surface area (Å²) in [6, 6.07) is 4.83. The number of carbonyl (C=O) groups is 1. The van der Waals surface area contributed by atoms with Crippen molar-refractivity contribution in [1.82, 2.24) is 20.0 Å². The molecule has 5 nitrogen and oxygen atoms in total. The molecule has 0 spiro atoms. The third-order valence-electron chi connectivity index (χ3n) is 4.31. The highest BCUT2D eigenvalue weighted by Crippen LogP contribution is 2.28. The lowest BCUT2D eigenvalue weighted by atomic mass is 9.95. The fourth-order valence-electron chi connectivity index (χ4n) is 3.33. The molecule has 2 aliphatic heterocycles. The molecule has 4 heterocycles. The van der Waals surface area contributed by atoms with Gasteiger partial charge in [-0.2, -0.15) is 0 Å². The van der Waals surface area contributed by atoms with Crippen LogP contribution in [-0.2, 0) is 0 Å². The van der Waals surface area contributed by atoms with Gasteiger partial charge in [0.1, 0.15) is 10.8 Å². The first-order valence-electron chi connectivity index (χ1n) is 6.90. The summed E-state index contributed by atoms with van der Waals surface area (Å²) in [6.45, 7) is 0. The molecule has 2 saturated heterocycles. The van der Waals surface area contributed by atoms with Crippen LogP contribution < -0.4 is 10.6 Å². The van der Waals surface area contributed by atoms with Crippen molar-refractivity contribution in [3.63, 3.8) is 0 Å². The van der Waals surface area contributed by atoms with Crippen molar-refractivity contribution >= 4 is 23.2 Å². The third-order valence-corrected chi connectivity index (χ3v) is 4.49. The van der Waals surface area contributed by atoms with Crippen molar-refractivity contribution in [3.8, 4) is 0 Å². The molecular weight excluding hydrogens is 276 g/mol. The normalized spacial score (nSPS) is 28.1. The summed E-state index contributed by atoms with van der Waals surface area (Å²) in [5.41, 5.74) is 1.32. The Hall–Kier alpha value is -1.59. The van der Waals surface area contributed by atoms with E-state index in [1.54, 1.807) is 22.7 Å². The first-order chi connectivity index (χ1) is 9.69. The average Bonchev–Trinajstić information content (AvgIpc) is 3.10. The van der Waals surface area contributed by atoms with E-state index < -0.39 is 0 Å². The third kappa shape index (κ3) is 1.98. The summed E-state index contributed by atoms with van der Waals surface area (Å²) in [5, 5.41) is 7.08. The van der Waals surface area contributed by atoms with Crippen molar-refractivity contribution in [2.75, 3.05) is 0 Å². The molecular formula is C14H15ClN4O. The predicted molar refractivity (Wildman–Crippen MR) is 76.0 cm³/mol. The zero-order chi connectivity index (χ0) is 13.7. The Kier molecular flexibility index (Phi) is 2.72. The van der Waals surface area contributed by atoms with E-state index in [1.807, 2.05) is 6.20 Å². The maximum atomic E-state index is 12.3. The molecule has 6 heteroatoms. The first kappa shape index (κ1) is 12.2. The lowest BCUT2D eigenvalue weighted by molar-refractivity contribution is 0.0931. The molecule has 20 heavy (non-hydrogen) atoms. The number of pyridine rings is 1. The van der Waals surface area contributed by atoms with Crippen LogP contribution in [0.25, 0.3) is 5.65 Å². The molecule has 104 valence electrons. The van der Waals surface area contributed by atoms with E-state index in [-0.39, 0.29) is 11.9 Å². The van der Waals surface area contributed by atoms with Crippen molar-refractivity contribution in [2.24, 2.45) is 0 Å². The molecule has 2 fully saturated rings. The van der Waals surface area contributed by atoms with Gasteiger partial charge in [-0.25, -0.2) is 4.98 Å². The van der Waals surface area contributed by atoms with Crippen LogP contribution in [0, 0.1) is 0 Å². The average molecular weight is 291 g/mol. The van der Waals surface area contributed by atoms with Gasteiger partial charge in [0.15, 0.2) is 0 Å². The number of nitrogens with one attached hydrogen (secondary N) is 2. The molecule has 0 aromatic carbocycles. The second kappa shape index (κ2) is 4.46. The van der Waals surface area contributed by atoms with Crippen molar-refractivity contribution < 1.29 is 4.79 Å². The Balaban J connectivity index is 1.54. The van der Waals surface area contributed by atoms with Crippen molar-refractivity contribution in [3.05, 3.63) is 35.2 Å². The Bertz CT molecular complexity index is 683. The summed E-state index contributed by atoms with van der Waals surface area (Å²) in [6.07, 6.45) is 6.95. The second-order valence-electron chi connectivity index (χ2n) is 5.61. The number of halogens is 1. The monoisotopic (exact) mass is 290 g/mol. The van der Waals surface area contributed by atoms with Crippen LogP contribution in [0.5, 0.6) is 0 Å². The van der Waals surface area contributed by atoms with Gasteiger partial charge in [-0.3, -0.25) is 4.79 Å². The Morgan fingerprint density at radius 1 is 1.50 bits per heavy atom. The summed E-state index contributed by atoms with van der Waals surface area (Å²) >= 11 is 5.85. The Morgan fingerprint density at radius 2 is 2.40 bits per heavy atom. The number of fused-ring (bicyclic) bond motifs is 3. The van der Waals surface area contributed by atoms with Crippen LogP contribution in [0.2, 0.25) is 5.15 Å². The van der Waals surface area contributed by atoms with Gasteiger partial charge in [0, 0.05) is 36.1 Å². The molecule has 2 aliphatic rings. The van der Waals surface area contributed by atoms with E-state index in [9.17, 15) is 4.79 Å². The molecule has 3 atom stereocenters. The molecule has 2 aromatic heterocycles. The fraction of sp³-hybridized carbons (Fsp3) is 0.429. The number of rotatable bonds is 2. The lowest BCUT2D eigenvalue weighted by Crippen LogP contribution is -2.42. The molecule has 2 aromatic rings. The minimum atomic E-state index is -0.0361. The maximum Gasteiger partial charge on any atom is 0.251 e. The summed E-state index contributed by atoms with van der Waals surface area (Å²) in [7, 11) is 0. The number of imidazole rings is 1. The first-order valence-corrected chi connectivity index (χ1v) is 7.28. The van der Waals surface area contributed by atoms with E-state index in [2.05, 4.69) is 15.6 Å². The van der Waals surface area contributed by atoms with Crippen LogP contribution in [0.3, 0.4) is 0 Å². The van der Waals surface area contributed by atoms with Gasteiger partial charge in [-0.15, -0.1) is 0 Å². The standard InChI is InChI=1S/C14H15ClN4O/c15-12-7-19-4-3-8(5-13(19)18-12)14(20)17-11-6-9-1-2-10(11)16-9/h3-5,7,9-11,16H,1-2,6H2,(H,17,20). The van der Waals surface area contributed by atoms with E-state index >= 15 is 0 Å². The van der Waals surface area contributed by atoms with Gasteiger partial charge in [-0.1, -0.05) is 11.6 Å². The van der Waals surface area contributed by atoms with Gasteiger partial charge in [0.05, 0.1) is 0 Å². The van der Waals surface area contributed by atoms with Crippen molar-refractivity contribution in [1.29, 1.82) is 0 Å². The molecule has 2 N–H and O–H groups in total. The van der Waals surface area contributed by atoms with E-state index in [0.717, 1.165) is 12.8 Å². The van der Waals surface area contributed by atoms with Crippen molar-refractivity contribution in [2.45, 2.75) is 37.4 Å². The maximum absolute atomic E-state index is 12.3. The largest absolute Gasteiger partial charge is 0.348 e. The molecule has 0 saturated carbocycles. The number of hydrogen-bond donors (Lipinski definition) is 2. The van der Waals surface area contributed by atoms with Gasteiger partial charge in [-0.05, 0) is 31.4 Å². The van der Waals surface area contributed by atoms with Crippen LogP contribution >= 0.6 is 11.6 Å². The number of carbonyl (C=O) groups excluding carboxylic acids is 1. The number of hydrogen-bond acceptors (Lipinski definition) is 3. The molecule has 3 unspecified atom stereocenters. The van der Waals surface area contributed by atoms with Crippen LogP contribution in [0.1, 0.15) is 29.6 Å². The summed E-state index contributed by atoms with van der Waals surface area (Å²) in [5.74, 6) is -0.0361. The second-order valence-corrected chi connectivity index (χ2v) is 5.99. The van der Waals surface area contributed by atoms with Crippen LogP contribution in [0.4, 0.5) is 0 Å². The van der Waals surface area contributed by atoms with Gasteiger partial charge in [0.25, 0.3) is 5.91 Å². The number of amides is 1. The quantitative estimate of drug-likeness (QED) is 0.883. The number of aromatic nitrogens is 2. The van der Waals surface area contributed by atoms with Gasteiger partial charge >= 0.3 is 0 Å².